The molecule has 0 unspecified atom stereocenters. The topological polar surface area (TPSA) is 97.7 Å². The van der Waals surface area contributed by atoms with Crippen LogP contribution in [0.4, 0.5) is 11.6 Å². The van der Waals surface area contributed by atoms with Crippen LogP contribution in [0.25, 0.3) is 5.65 Å². The van der Waals surface area contributed by atoms with Gasteiger partial charge in [0.15, 0.2) is 11.5 Å². The molecule has 9 nitrogen and oxygen atoms in total. The van der Waals surface area contributed by atoms with Gasteiger partial charge in [0.1, 0.15) is 5.82 Å². The number of nitrogen functional groups attached to an aromatic ring is 1. The van der Waals surface area contributed by atoms with Crippen LogP contribution in [0.2, 0.25) is 0 Å². The van der Waals surface area contributed by atoms with Gasteiger partial charge in [0.05, 0.1) is 18.0 Å². The maximum absolute atomic E-state index is 7.76. The van der Waals surface area contributed by atoms with Crippen molar-refractivity contribution >= 4 is 17.3 Å². The van der Waals surface area contributed by atoms with Crippen molar-refractivity contribution in [3.8, 4) is 6.01 Å². The lowest BCUT2D eigenvalue weighted by Gasteiger charge is -2.34. The maximum atomic E-state index is 7.76. The summed E-state index contributed by atoms with van der Waals surface area (Å²) in [6.07, 6.45) is 6.51. The van der Waals surface area contributed by atoms with Gasteiger partial charge in [-0.2, -0.15) is 4.98 Å². The monoisotopic (exact) mass is 469 g/mol. The van der Waals surface area contributed by atoms with E-state index in [-0.39, 0.29) is 11.8 Å². The Balaban J connectivity index is 1.51. The lowest BCUT2D eigenvalue weighted by molar-refractivity contribution is 0.189. The van der Waals surface area contributed by atoms with Crippen LogP contribution >= 0.6 is 0 Å². The van der Waals surface area contributed by atoms with Crippen molar-refractivity contribution in [3.05, 3.63) is 35.3 Å². The predicted molar refractivity (Wildman–Crippen MR) is 135 cm³/mol. The van der Waals surface area contributed by atoms with E-state index in [4.69, 9.17) is 19.6 Å². The Kier molecular flexibility index (Phi) is 6.34. The van der Waals surface area contributed by atoms with Crippen molar-refractivity contribution in [1.29, 1.82) is 0 Å². The van der Waals surface area contributed by atoms with Gasteiger partial charge in [-0.25, -0.2) is 14.5 Å². The summed E-state index contributed by atoms with van der Waals surface area (Å²) in [7, 11) is 4.27. The Morgan fingerprint density at radius 1 is 1.26 bits per heavy atom. The fourth-order valence-corrected chi connectivity index (χ4v) is 4.65. The number of fused-ring (bicyclic) bond motifs is 1. The Morgan fingerprint density at radius 3 is 2.74 bits per heavy atom. The van der Waals surface area contributed by atoms with Crippen molar-refractivity contribution in [3.63, 3.8) is 0 Å². The average Bonchev–Trinajstić information content (AvgIpc) is 3.22. The summed E-state index contributed by atoms with van der Waals surface area (Å²) in [5.74, 6) is 1.92. The van der Waals surface area contributed by atoms with E-state index in [0.29, 0.717) is 24.9 Å². The first-order valence-electron chi connectivity index (χ1n) is 13.6. The summed E-state index contributed by atoms with van der Waals surface area (Å²) >= 11 is 0. The Hall–Kier alpha value is -2.94. The third-order valence-corrected chi connectivity index (χ3v) is 6.27. The van der Waals surface area contributed by atoms with E-state index in [9.17, 15) is 0 Å². The van der Waals surface area contributed by atoms with Crippen LogP contribution in [0.1, 0.15) is 60.4 Å². The van der Waals surface area contributed by atoms with E-state index in [2.05, 4.69) is 52.0 Å². The lowest BCUT2D eigenvalue weighted by atomic mass is 9.96. The molecule has 1 atom stereocenters. The highest BCUT2D eigenvalue weighted by molar-refractivity contribution is 5.60. The second-order valence-electron chi connectivity index (χ2n) is 9.51. The first kappa shape index (κ1) is 20.4. The smallest absolute Gasteiger partial charge is 0.336 e. The molecular formula is C25H38N8O. The molecule has 1 aliphatic rings. The molecule has 1 fully saturated rings. The molecule has 2 N–H and O–H groups in total. The highest BCUT2D eigenvalue weighted by Crippen LogP contribution is 2.26. The SMILES string of the molecule is [2H]C([2H])([2H])[C@H](CCC)Oc1nc(N)c2ncc(Cc3cnc(N4CCC(CN(C)C)CC4)c(C)c3)n2n1. The van der Waals surface area contributed by atoms with Crippen LogP contribution in [0.15, 0.2) is 18.5 Å². The molecule has 3 aromatic heterocycles. The van der Waals surface area contributed by atoms with Crippen molar-refractivity contribution in [1.82, 2.24) is 29.5 Å². The second kappa shape index (κ2) is 10.5. The number of hydrogen-bond acceptors (Lipinski definition) is 8. The van der Waals surface area contributed by atoms with Crippen LogP contribution in [-0.2, 0) is 6.42 Å². The van der Waals surface area contributed by atoms with Crippen molar-refractivity contribution in [2.45, 2.75) is 58.9 Å². The zero-order valence-corrected chi connectivity index (χ0v) is 20.7. The van der Waals surface area contributed by atoms with Crippen LogP contribution in [0, 0.1) is 12.8 Å². The fourth-order valence-electron chi connectivity index (χ4n) is 4.65. The number of ether oxygens (including phenoxy) is 1. The third kappa shape index (κ3) is 5.58. The van der Waals surface area contributed by atoms with Crippen LogP contribution < -0.4 is 15.4 Å². The van der Waals surface area contributed by atoms with Gasteiger partial charge in [-0.15, -0.1) is 5.10 Å². The van der Waals surface area contributed by atoms with Gasteiger partial charge >= 0.3 is 6.01 Å². The molecule has 0 spiro atoms. The number of pyridine rings is 1. The largest absolute Gasteiger partial charge is 0.459 e. The Morgan fingerprint density at radius 2 is 2.06 bits per heavy atom. The minimum atomic E-state index is -2.28. The van der Waals surface area contributed by atoms with E-state index < -0.39 is 13.0 Å². The van der Waals surface area contributed by atoms with Crippen LogP contribution in [-0.4, -0.2) is 69.3 Å². The normalized spacial score (nSPS) is 17.6. The molecule has 0 aromatic carbocycles. The van der Waals surface area contributed by atoms with Gasteiger partial charge in [0.2, 0.25) is 0 Å². The number of hydrogen-bond donors (Lipinski definition) is 1. The molecule has 0 saturated carbocycles. The zero-order valence-electron chi connectivity index (χ0n) is 23.7. The number of nitrogens with two attached hydrogens (primary N) is 1. The number of piperidine rings is 1. The summed E-state index contributed by atoms with van der Waals surface area (Å²) < 4.78 is 30.5. The standard InChI is InChI=1S/C25H38N8O/c1-6-7-18(3)34-25-29-22(26)24-28-15-21(33(24)30-25)13-20-12-17(2)23(27-14-20)32-10-8-19(9-11-32)16-31(4)5/h12,14-15,18-19H,6-11,13,16H2,1-5H3,(H2,26,29,30)/t18-/m1/s1/i3D3. The molecule has 184 valence electrons. The van der Waals surface area contributed by atoms with E-state index in [1.807, 2.05) is 13.1 Å². The van der Waals surface area contributed by atoms with E-state index in [0.717, 1.165) is 48.2 Å². The zero-order chi connectivity index (χ0) is 26.7. The molecule has 0 bridgehead atoms. The Labute approximate surface area is 206 Å². The Bertz CT molecular complexity index is 1200. The molecule has 0 aliphatic carbocycles. The highest BCUT2D eigenvalue weighted by Gasteiger charge is 2.22. The number of anilines is 2. The molecule has 34 heavy (non-hydrogen) atoms. The quantitative estimate of drug-likeness (QED) is 0.510. The van der Waals surface area contributed by atoms with Gasteiger partial charge in [-0.1, -0.05) is 19.4 Å². The van der Waals surface area contributed by atoms with Gasteiger partial charge in [0.25, 0.3) is 0 Å². The van der Waals surface area contributed by atoms with Gasteiger partial charge in [-0.3, -0.25) is 0 Å². The molecule has 4 rings (SSSR count). The van der Waals surface area contributed by atoms with Crippen LogP contribution in [0.3, 0.4) is 0 Å². The second-order valence-corrected chi connectivity index (χ2v) is 9.51. The summed E-state index contributed by atoms with van der Waals surface area (Å²) in [6, 6.07) is 2.09. The molecule has 3 aromatic rings. The highest BCUT2D eigenvalue weighted by atomic mass is 16.5. The predicted octanol–water partition coefficient (Wildman–Crippen LogP) is 3.35. The first-order chi connectivity index (χ1) is 17.5. The van der Waals surface area contributed by atoms with Crippen molar-refractivity contribution in [2.24, 2.45) is 5.92 Å². The number of rotatable bonds is 9. The van der Waals surface area contributed by atoms with E-state index >= 15 is 0 Å². The van der Waals surface area contributed by atoms with Gasteiger partial charge in [0, 0.05) is 36.4 Å². The molecule has 1 saturated heterocycles. The van der Waals surface area contributed by atoms with E-state index in [1.165, 1.54) is 12.8 Å². The van der Waals surface area contributed by atoms with Crippen molar-refractivity contribution < 1.29 is 8.85 Å². The van der Waals surface area contributed by atoms with Crippen LogP contribution in [0.5, 0.6) is 6.01 Å². The third-order valence-electron chi connectivity index (χ3n) is 6.27. The fraction of sp³-hybridized carbons (Fsp3) is 0.600. The minimum absolute atomic E-state index is 0.0684. The lowest BCUT2D eigenvalue weighted by Crippen LogP contribution is -2.37. The summed E-state index contributed by atoms with van der Waals surface area (Å²) in [5, 5.41) is 4.43. The van der Waals surface area contributed by atoms with Gasteiger partial charge < -0.3 is 20.3 Å². The molecule has 0 amide bonds. The number of nitrogens with zero attached hydrogens (tertiary/aromatic N) is 7. The average molecular weight is 470 g/mol. The molecule has 0 radical (unpaired) electrons. The molecule has 1 aliphatic heterocycles. The maximum Gasteiger partial charge on any atom is 0.336 e. The number of aryl methyl sites for hydroxylation is 1. The summed E-state index contributed by atoms with van der Waals surface area (Å²) in [4.78, 5) is 18.0. The summed E-state index contributed by atoms with van der Waals surface area (Å²) in [5.41, 5.74) is 9.46. The summed E-state index contributed by atoms with van der Waals surface area (Å²) in [6.45, 7) is 4.90. The van der Waals surface area contributed by atoms with E-state index in [1.54, 1.807) is 10.7 Å². The van der Waals surface area contributed by atoms with Gasteiger partial charge in [-0.05, 0) is 64.2 Å². The number of imidazole rings is 1. The molecule has 9 heteroatoms. The minimum Gasteiger partial charge on any atom is -0.459 e. The first-order valence-corrected chi connectivity index (χ1v) is 12.1. The molecular weight excluding hydrogens is 428 g/mol. The van der Waals surface area contributed by atoms with Crippen molar-refractivity contribution in [2.75, 3.05) is 44.4 Å². The molecule has 4 heterocycles. The number of aromatic nitrogens is 5.